The molecule has 1 saturated carbocycles. The van der Waals surface area contributed by atoms with Gasteiger partial charge in [-0.1, -0.05) is 17.7 Å². The number of nitrogen functional groups attached to an aromatic ring is 1. The average molecular weight is 284 g/mol. The zero-order valence-corrected chi connectivity index (χ0v) is 12.4. The van der Waals surface area contributed by atoms with Crippen molar-refractivity contribution < 1.29 is 4.79 Å². The van der Waals surface area contributed by atoms with Gasteiger partial charge in [0.2, 0.25) is 0 Å². The minimum Gasteiger partial charge on any atom is -0.395 e. The summed E-state index contributed by atoms with van der Waals surface area (Å²) in [4.78, 5) is 14.4. The summed E-state index contributed by atoms with van der Waals surface area (Å²) in [7, 11) is 0. The fourth-order valence-electron chi connectivity index (χ4n) is 2.51. The highest BCUT2D eigenvalue weighted by Crippen LogP contribution is 2.42. The molecule has 5 heteroatoms. The largest absolute Gasteiger partial charge is 0.395 e. The molecule has 0 aliphatic heterocycles. The highest BCUT2D eigenvalue weighted by molar-refractivity contribution is 6.08. The van der Waals surface area contributed by atoms with Crippen molar-refractivity contribution in [3.05, 3.63) is 41.2 Å². The van der Waals surface area contributed by atoms with Gasteiger partial charge in [0.25, 0.3) is 5.91 Å². The summed E-state index contributed by atoms with van der Waals surface area (Å²) in [5, 5.41) is 7.08. The molecule has 1 aliphatic carbocycles. The molecule has 0 radical (unpaired) electrons. The average Bonchev–Trinajstić information content (AvgIpc) is 3.24. The van der Waals surface area contributed by atoms with Crippen molar-refractivity contribution in [3.63, 3.8) is 0 Å². The second-order valence-electron chi connectivity index (χ2n) is 5.56. The molecule has 1 fully saturated rings. The molecule has 110 valence electrons. The fourth-order valence-corrected chi connectivity index (χ4v) is 2.51. The van der Waals surface area contributed by atoms with Crippen LogP contribution in [0.2, 0.25) is 0 Å². The Labute approximate surface area is 124 Å². The van der Waals surface area contributed by atoms with Crippen molar-refractivity contribution >= 4 is 17.3 Å². The van der Waals surface area contributed by atoms with E-state index in [1.807, 2.05) is 38.1 Å². The van der Waals surface area contributed by atoms with Crippen LogP contribution in [0.3, 0.4) is 0 Å². The minimum absolute atomic E-state index is 0.151. The summed E-state index contributed by atoms with van der Waals surface area (Å²) in [6, 6.07) is 7.88. The highest BCUT2D eigenvalue weighted by atomic mass is 16.2. The molecular formula is C16H20N4O. The number of hydrogen-bond donors (Lipinski definition) is 2. The Morgan fingerprint density at radius 3 is 2.62 bits per heavy atom. The van der Waals surface area contributed by atoms with Crippen LogP contribution >= 0.6 is 0 Å². The smallest absolute Gasteiger partial charge is 0.280 e. The number of aryl methyl sites for hydroxylation is 1. The fraction of sp³-hybridized carbons (Fsp3) is 0.375. The van der Waals surface area contributed by atoms with Gasteiger partial charge in [-0.05, 0) is 38.8 Å². The second kappa shape index (κ2) is 5.24. The van der Waals surface area contributed by atoms with E-state index in [0.29, 0.717) is 23.8 Å². The first-order chi connectivity index (χ1) is 10.1. The lowest BCUT2D eigenvalue weighted by Gasteiger charge is -2.20. The van der Waals surface area contributed by atoms with E-state index in [1.165, 1.54) is 0 Å². The van der Waals surface area contributed by atoms with Crippen molar-refractivity contribution in [3.8, 4) is 0 Å². The zero-order valence-electron chi connectivity index (χ0n) is 12.4. The third-order valence-corrected chi connectivity index (χ3v) is 3.93. The quantitative estimate of drug-likeness (QED) is 0.906. The molecule has 21 heavy (non-hydrogen) atoms. The molecule has 3 rings (SSSR count). The van der Waals surface area contributed by atoms with Gasteiger partial charge in [0, 0.05) is 18.2 Å². The van der Waals surface area contributed by atoms with Crippen molar-refractivity contribution in [2.75, 3.05) is 17.2 Å². The predicted octanol–water partition coefficient (Wildman–Crippen LogP) is 2.84. The van der Waals surface area contributed by atoms with Gasteiger partial charge in [0.05, 0.1) is 11.4 Å². The van der Waals surface area contributed by atoms with Crippen molar-refractivity contribution in [2.24, 2.45) is 0 Å². The molecule has 2 aromatic rings. The van der Waals surface area contributed by atoms with E-state index in [0.717, 1.165) is 29.8 Å². The van der Waals surface area contributed by atoms with Gasteiger partial charge < -0.3 is 10.6 Å². The number of hydrogen-bond acceptors (Lipinski definition) is 3. The monoisotopic (exact) mass is 284 g/mol. The number of amides is 1. The number of nitrogens with two attached hydrogens (primary N) is 1. The Kier molecular flexibility index (Phi) is 3.41. The predicted molar refractivity (Wildman–Crippen MR) is 83.5 cm³/mol. The first-order valence-electron chi connectivity index (χ1n) is 7.34. The lowest BCUT2D eigenvalue weighted by molar-refractivity contribution is 0.0984. The molecule has 0 saturated heterocycles. The van der Waals surface area contributed by atoms with E-state index in [-0.39, 0.29) is 5.91 Å². The Balaban J connectivity index is 1.90. The lowest BCUT2D eigenvalue weighted by atomic mass is 10.2. The molecular weight excluding hydrogens is 264 g/mol. The normalized spacial score (nSPS) is 14.2. The van der Waals surface area contributed by atoms with Crippen LogP contribution in [0.25, 0.3) is 0 Å². The van der Waals surface area contributed by atoms with Gasteiger partial charge in [-0.25, -0.2) is 0 Å². The van der Waals surface area contributed by atoms with E-state index in [2.05, 4.69) is 10.2 Å². The topological polar surface area (TPSA) is 75.0 Å². The van der Waals surface area contributed by atoms with Crippen LogP contribution in [-0.2, 0) is 0 Å². The van der Waals surface area contributed by atoms with Crippen LogP contribution in [0.15, 0.2) is 24.3 Å². The van der Waals surface area contributed by atoms with E-state index < -0.39 is 0 Å². The first kappa shape index (κ1) is 13.7. The number of rotatable bonds is 4. The van der Waals surface area contributed by atoms with Gasteiger partial charge in [-0.3, -0.25) is 9.89 Å². The molecule has 0 atom stereocenters. The molecule has 1 heterocycles. The summed E-state index contributed by atoms with van der Waals surface area (Å²) in [6.45, 7) is 4.55. The van der Waals surface area contributed by atoms with E-state index in [9.17, 15) is 4.79 Å². The first-order valence-corrected chi connectivity index (χ1v) is 7.34. The number of aromatic amines is 1. The van der Waals surface area contributed by atoms with Crippen molar-refractivity contribution in [2.45, 2.75) is 32.6 Å². The number of carbonyl (C=O) groups is 1. The number of benzene rings is 1. The van der Waals surface area contributed by atoms with Crippen molar-refractivity contribution in [1.29, 1.82) is 0 Å². The maximum Gasteiger partial charge on any atom is 0.280 e. The molecule has 0 spiro atoms. The number of nitrogens with zero attached hydrogens (tertiary/aromatic N) is 2. The van der Waals surface area contributed by atoms with E-state index >= 15 is 0 Å². The Morgan fingerprint density at radius 1 is 1.38 bits per heavy atom. The highest BCUT2D eigenvalue weighted by Gasteiger charge is 2.31. The maximum absolute atomic E-state index is 12.7. The number of anilines is 2. The molecule has 3 N–H and O–H groups in total. The Hall–Kier alpha value is -2.30. The molecule has 0 bridgehead atoms. The summed E-state index contributed by atoms with van der Waals surface area (Å²) in [5.41, 5.74) is 9.88. The van der Waals surface area contributed by atoms with Crippen LogP contribution in [-0.4, -0.2) is 22.6 Å². The van der Waals surface area contributed by atoms with E-state index in [4.69, 9.17) is 5.73 Å². The molecule has 5 nitrogen and oxygen atoms in total. The molecule has 1 aromatic carbocycles. The second-order valence-corrected chi connectivity index (χ2v) is 5.56. The van der Waals surface area contributed by atoms with Gasteiger partial charge in [0.1, 0.15) is 0 Å². The van der Waals surface area contributed by atoms with Crippen LogP contribution in [0.5, 0.6) is 0 Å². The van der Waals surface area contributed by atoms with Crippen LogP contribution in [0, 0.1) is 6.92 Å². The van der Waals surface area contributed by atoms with Gasteiger partial charge in [-0.2, -0.15) is 5.10 Å². The standard InChI is InChI=1S/C16H20N4O/c1-3-20(12-8-4-10(2)5-9-12)16(21)15-13(17)14(18-19-15)11-6-7-11/h4-5,8-9,11H,3,6-7,17H2,1-2H3,(H,18,19). The zero-order chi connectivity index (χ0) is 15.0. The summed E-state index contributed by atoms with van der Waals surface area (Å²) < 4.78 is 0. The molecule has 0 unspecified atom stereocenters. The SMILES string of the molecule is CCN(C(=O)c1n[nH]c(C2CC2)c1N)c1ccc(C)cc1. The summed E-state index contributed by atoms with van der Waals surface area (Å²) >= 11 is 0. The van der Waals surface area contributed by atoms with Gasteiger partial charge in [-0.15, -0.1) is 0 Å². The third kappa shape index (κ3) is 2.51. The lowest BCUT2D eigenvalue weighted by Crippen LogP contribution is -2.31. The summed E-state index contributed by atoms with van der Waals surface area (Å²) in [5.74, 6) is 0.301. The number of carbonyl (C=O) groups excluding carboxylic acids is 1. The molecule has 1 aromatic heterocycles. The Morgan fingerprint density at radius 2 is 2.05 bits per heavy atom. The van der Waals surface area contributed by atoms with Crippen LogP contribution in [0.1, 0.15) is 47.4 Å². The minimum atomic E-state index is -0.151. The Bertz CT molecular complexity index is 655. The number of aromatic nitrogens is 2. The maximum atomic E-state index is 12.7. The molecule has 1 aliphatic rings. The van der Waals surface area contributed by atoms with E-state index in [1.54, 1.807) is 4.90 Å². The van der Waals surface area contributed by atoms with Crippen LogP contribution < -0.4 is 10.6 Å². The number of nitrogens with one attached hydrogen (secondary N) is 1. The third-order valence-electron chi connectivity index (χ3n) is 3.93. The van der Waals surface area contributed by atoms with Crippen LogP contribution in [0.4, 0.5) is 11.4 Å². The van der Waals surface area contributed by atoms with Gasteiger partial charge in [0.15, 0.2) is 5.69 Å². The molecule has 1 amide bonds. The van der Waals surface area contributed by atoms with Crippen molar-refractivity contribution in [1.82, 2.24) is 10.2 Å². The number of H-pyrrole nitrogens is 1. The van der Waals surface area contributed by atoms with Gasteiger partial charge >= 0.3 is 0 Å². The summed E-state index contributed by atoms with van der Waals surface area (Å²) in [6.07, 6.45) is 2.24.